The Kier molecular flexibility index (Phi) is 8.16. The highest BCUT2D eigenvalue weighted by Crippen LogP contribution is 2.42. The standard InChI is InChI=1S/C25H32N4O4/c1-18(2)15-25(16-22(30)28-33)11-13-29(24(25)32)21(14-19-8-4-3-5-9-19)23(31)27-17-20-10-6-7-12-26-20/h3-10,12,18,21,33H,11,13-17H2,1-2H3,(H,27,31)(H,28,30)/t21-,25-/m1/s1. The Hall–Kier alpha value is -3.26. The van der Waals surface area contributed by atoms with Gasteiger partial charge in [0.25, 0.3) is 0 Å². The second-order valence-corrected chi connectivity index (χ2v) is 9.08. The van der Waals surface area contributed by atoms with Crippen LogP contribution in [0.1, 0.15) is 44.4 Å². The Labute approximate surface area is 194 Å². The minimum Gasteiger partial charge on any atom is -0.349 e. The zero-order chi connectivity index (χ0) is 23.8. The molecule has 3 amide bonds. The first kappa shape index (κ1) is 24.4. The summed E-state index contributed by atoms with van der Waals surface area (Å²) in [6.45, 7) is 4.63. The fourth-order valence-electron chi connectivity index (χ4n) is 4.68. The highest BCUT2D eigenvalue weighted by molar-refractivity contribution is 5.94. The van der Waals surface area contributed by atoms with E-state index in [0.717, 1.165) is 11.3 Å². The molecule has 1 aliphatic rings. The van der Waals surface area contributed by atoms with E-state index >= 15 is 0 Å². The van der Waals surface area contributed by atoms with Crippen molar-refractivity contribution in [3.8, 4) is 0 Å². The number of carbonyl (C=O) groups is 3. The van der Waals surface area contributed by atoms with E-state index in [0.29, 0.717) is 25.8 Å². The van der Waals surface area contributed by atoms with Gasteiger partial charge in [-0.3, -0.25) is 24.6 Å². The van der Waals surface area contributed by atoms with Crippen molar-refractivity contribution in [2.75, 3.05) is 6.54 Å². The predicted octanol–water partition coefficient (Wildman–Crippen LogP) is 2.47. The first-order valence-corrected chi connectivity index (χ1v) is 11.3. The molecule has 3 N–H and O–H groups in total. The second-order valence-electron chi connectivity index (χ2n) is 9.08. The Morgan fingerprint density at radius 1 is 1.15 bits per heavy atom. The third-order valence-electron chi connectivity index (χ3n) is 6.09. The van der Waals surface area contributed by atoms with Crippen LogP contribution in [0.5, 0.6) is 0 Å². The lowest BCUT2D eigenvalue weighted by Gasteiger charge is -2.32. The van der Waals surface area contributed by atoms with E-state index in [4.69, 9.17) is 5.21 Å². The van der Waals surface area contributed by atoms with Gasteiger partial charge in [0.15, 0.2) is 0 Å². The molecule has 0 radical (unpaired) electrons. The molecule has 3 rings (SSSR count). The van der Waals surface area contributed by atoms with Crippen LogP contribution in [0.25, 0.3) is 0 Å². The summed E-state index contributed by atoms with van der Waals surface area (Å²) < 4.78 is 0. The van der Waals surface area contributed by atoms with Crippen LogP contribution in [0.2, 0.25) is 0 Å². The minimum absolute atomic E-state index is 0.107. The smallest absolute Gasteiger partial charge is 0.244 e. The van der Waals surface area contributed by atoms with Gasteiger partial charge in [-0.15, -0.1) is 0 Å². The first-order valence-electron chi connectivity index (χ1n) is 11.3. The van der Waals surface area contributed by atoms with Gasteiger partial charge in [-0.2, -0.15) is 0 Å². The van der Waals surface area contributed by atoms with Gasteiger partial charge in [-0.1, -0.05) is 50.2 Å². The molecule has 8 heteroatoms. The van der Waals surface area contributed by atoms with Crippen LogP contribution in [-0.2, 0) is 27.3 Å². The Morgan fingerprint density at radius 2 is 1.88 bits per heavy atom. The van der Waals surface area contributed by atoms with E-state index in [-0.39, 0.29) is 30.7 Å². The van der Waals surface area contributed by atoms with Gasteiger partial charge in [0, 0.05) is 25.6 Å². The number of rotatable bonds is 10. The van der Waals surface area contributed by atoms with Crippen molar-refractivity contribution in [3.63, 3.8) is 0 Å². The van der Waals surface area contributed by atoms with Gasteiger partial charge in [-0.25, -0.2) is 5.48 Å². The zero-order valence-electron chi connectivity index (χ0n) is 19.2. The van der Waals surface area contributed by atoms with Crippen LogP contribution >= 0.6 is 0 Å². The summed E-state index contributed by atoms with van der Waals surface area (Å²) in [5, 5.41) is 12.0. The van der Waals surface area contributed by atoms with E-state index in [1.54, 1.807) is 16.6 Å². The number of carbonyl (C=O) groups excluding carboxylic acids is 3. The number of benzene rings is 1. The number of pyridine rings is 1. The molecule has 2 heterocycles. The first-order chi connectivity index (χ1) is 15.8. The lowest BCUT2D eigenvalue weighted by atomic mass is 9.75. The molecule has 1 saturated heterocycles. The van der Waals surface area contributed by atoms with E-state index in [9.17, 15) is 14.4 Å². The third-order valence-corrected chi connectivity index (χ3v) is 6.09. The van der Waals surface area contributed by atoms with Gasteiger partial charge < -0.3 is 10.2 Å². The topological polar surface area (TPSA) is 112 Å². The molecule has 1 aromatic heterocycles. The summed E-state index contributed by atoms with van der Waals surface area (Å²) in [6, 6.07) is 14.3. The molecular formula is C25H32N4O4. The summed E-state index contributed by atoms with van der Waals surface area (Å²) in [6.07, 6.45) is 2.88. The normalized spacial score (nSPS) is 18.9. The summed E-state index contributed by atoms with van der Waals surface area (Å²) in [4.78, 5) is 44.9. The fraction of sp³-hybridized carbons (Fsp3) is 0.440. The summed E-state index contributed by atoms with van der Waals surface area (Å²) in [7, 11) is 0. The third kappa shape index (κ3) is 6.16. The van der Waals surface area contributed by atoms with Crippen LogP contribution < -0.4 is 10.8 Å². The van der Waals surface area contributed by atoms with E-state index in [1.165, 1.54) is 0 Å². The van der Waals surface area contributed by atoms with Crippen LogP contribution in [0.3, 0.4) is 0 Å². The van der Waals surface area contributed by atoms with Crippen molar-refractivity contribution in [2.24, 2.45) is 11.3 Å². The number of hydrogen-bond donors (Lipinski definition) is 3. The molecule has 8 nitrogen and oxygen atoms in total. The zero-order valence-corrected chi connectivity index (χ0v) is 19.2. The van der Waals surface area contributed by atoms with Gasteiger partial charge in [-0.05, 0) is 36.5 Å². The van der Waals surface area contributed by atoms with E-state index < -0.39 is 17.4 Å². The van der Waals surface area contributed by atoms with Crippen LogP contribution in [0, 0.1) is 11.3 Å². The molecule has 1 aliphatic heterocycles. The number of aromatic nitrogens is 1. The Bertz CT molecular complexity index is 951. The average Bonchev–Trinajstić information content (AvgIpc) is 3.11. The molecule has 0 aliphatic carbocycles. The molecule has 33 heavy (non-hydrogen) atoms. The van der Waals surface area contributed by atoms with Crippen LogP contribution in [-0.4, -0.2) is 45.4 Å². The largest absolute Gasteiger partial charge is 0.349 e. The van der Waals surface area contributed by atoms with Crippen molar-refractivity contribution >= 4 is 17.7 Å². The highest BCUT2D eigenvalue weighted by atomic mass is 16.5. The monoisotopic (exact) mass is 452 g/mol. The Morgan fingerprint density at radius 3 is 2.52 bits per heavy atom. The SMILES string of the molecule is CC(C)C[C@@]1(CC(=O)NO)CCN([C@H](Cc2ccccc2)C(=O)NCc2ccccn2)C1=O. The number of hydroxylamine groups is 1. The number of likely N-dealkylation sites (tertiary alicyclic amines) is 1. The second kappa shape index (κ2) is 11.0. The molecule has 1 aromatic carbocycles. The van der Waals surface area contributed by atoms with E-state index in [2.05, 4.69) is 10.3 Å². The molecule has 1 fully saturated rings. The van der Waals surface area contributed by atoms with Crippen molar-refractivity contribution < 1.29 is 19.6 Å². The van der Waals surface area contributed by atoms with Crippen molar-refractivity contribution in [1.82, 2.24) is 20.7 Å². The van der Waals surface area contributed by atoms with Gasteiger partial charge in [0.1, 0.15) is 6.04 Å². The van der Waals surface area contributed by atoms with Gasteiger partial charge in [0.2, 0.25) is 17.7 Å². The van der Waals surface area contributed by atoms with Crippen molar-refractivity contribution in [2.45, 2.75) is 52.1 Å². The number of hydrogen-bond acceptors (Lipinski definition) is 5. The fourth-order valence-corrected chi connectivity index (χ4v) is 4.68. The molecule has 0 bridgehead atoms. The van der Waals surface area contributed by atoms with Crippen molar-refractivity contribution in [3.05, 3.63) is 66.0 Å². The van der Waals surface area contributed by atoms with Crippen LogP contribution in [0.15, 0.2) is 54.7 Å². The van der Waals surface area contributed by atoms with Crippen LogP contribution in [0.4, 0.5) is 0 Å². The highest BCUT2D eigenvalue weighted by Gasteiger charge is 2.50. The van der Waals surface area contributed by atoms with E-state index in [1.807, 2.05) is 62.4 Å². The van der Waals surface area contributed by atoms with Gasteiger partial charge in [0.05, 0.1) is 17.7 Å². The predicted molar refractivity (Wildman–Crippen MR) is 123 cm³/mol. The van der Waals surface area contributed by atoms with Crippen molar-refractivity contribution in [1.29, 1.82) is 0 Å². The minimum atomic E-state index is -0.933. The molecule has 176 valence electrons. The quantitative estimate of drug-likeness (QED) is 0.379. The summed E-state index contributed by atoms with van der Waals surface area (Å²) in [5.41, 5.74) is 2.40. The summed E-state index contributed by atoms with van der Waals surface area (Å²) in [5.74, 6) is -0.894. The number of nitrogens with one attached hydrogen (secondary N) is 2. The molecule has 0 saturated carbocycles. The Balaban J connectivity index is 1.84. The lowest BCUT2D eigenvalue weighted by Crippen LogP contribution is -2.51. The summed E-state index contributed by atoms with van der Waals surface area (Å²) >= 11 is 0. The lowest BCUT2D eigenvalue weighted by molar-refractivity contribution is -0.147. The maximum Gasteiger partial charge on any atom is 0.244 e. The number of amides is 3. The number of nitrogens with zero attached hydrogens (tertiary/aromatic N) is 2. The maximum atomic E-state index is 13.7. The average molecular weight is 453 g/mol. The molecule has 0 unspecified atom stereocenters. The molecule has 2 atom stereocenters. The molecule has 2 aromatic rings. The molecular weight excluding hydrogens is 420 g/mol. The van der Waals surface area contributed by atoms with Gasteiger partial charge >= 0.3 is 0 Å². The maximum absolute atomic E-state index is 13.7. The molecule has 0 spiro atoms.